The summed E-state index contributed by atoms with van der Waals surface area (Å²) in [5.41, 5.74) is 6.20. The highest BCUT2D eigenvalue weighted by Crippen LogP contribution is 2.42. The lowest BCUT2D eigenvalue weighted by Crippen LogP contribution is -2.45. The first kappa shape index (κ1) is 8.55. The zero-order valence-electron chi connectivity index (χ0n) is 8.13. The van der Waals surface area contributed by atoms with Crippen LogP contribution in [0.1, 0.15) is 45.4 Å². The third kappa shape index (κ3) is 1.39. The second kappa shape index (κ2) is 3.37. The van der Waals surface area contributed by atoms with Crippen LogP contribution in [0.5, 0.6) is 0 Å². The van der Waals surface area contributed by atoms with Crippen molar-refractivity contribution in [1.82, 2.24) is 0 Å². The molecule has 12 heavy (non-hydrogen) atoms. The largest absolute Gasteiger partial charge is 0.327 e. The summed E-state index contributed by atoms with van der Waals surface area (Å²) in [5.74, 6) is 2.75. The molecule has 0 aromatic carbocycles. The van der Waals surface area contributed by atoms with Gasteiger partial charge in [0.1, 0.15) is 0 Å². The van der Waals surface area contributed by atoms with Gasteiger partial charge in [0.15, 0.2) is 0 Å². The number of nitrogens with two attached hydrogens (primary N) is 1. The summed E-state index contributed by atoms with van der Waals surface area (Å²) < 4.78 is 0. The van der Waals surface area contributed by atoms with E-state index in [2.05, 4.69) is 6.92 Å². The molecule has 0 aromatic rings. The van der Waals surface area contributed by atoms with Crippen LogP contribution in [0, 0.1) is 17.8 Å². The molecule has 0 aromatic heterocycles. The first-order chi connectivity index (χ1) is 5.81. The fourth-order valence-corrected chi connectivity index (χ4v) is 3.25. The molecule has 2 fully saturated rings. The van der Waals surface area contributed by atoms with Gasteiger partial charge in [-0.3, -0.25) is 0 Å². The Morgan fingerprint density at radius 1 is 1.17 bits per heavy atom. The zero-order chi connectivity index (χ0) is 8.55. The van der Waals surface area contributed by atoms with E-state index >= 15 is 0 Å². The van der Waals surface area contributed by atoms with E-state index in [0.29, 0.717) is 6.04 Å². The Hall–Kier alpha value is -0.0400. The van der Waals surface area contributed by atoms with E-state index in [1.807, 2.05) is 0 Å². The van der Waals surface area contributed by atoms with Crippen molar-refractivity contribution in [1.29, 1.82) is 0 Å². The van der Waals surface area contributed by atoms with Crippen molar-refractivity contribution in [2.24, 2.45) is 23.5 Å². The molecule has 2 aliphatic carbocycles. The lowest BCUT2D eigenvalue weighted by atomic mass is 9.64. The summed E-state index contributed by atoms with van der Waals surface area (Å²) in [6, 6.07) is 0.557. The van der Waals surface area contributed by atoms with Gasteiger partial charge in [-0.1, -0.05) is 19.8 Å². The van der Waals surface area contributed by atoms with Gasteiger partial charge in [-0.2, -0.15) is 0 Å². The van der Waals surface area contributed by atoms with Gasteiger partial charge in [0.2, 0.25) is 0 Å². The maximum absolute atomic E-state index is 6.20. The molecule has 0 saturated heterocycles. The van der Waals surface area contributed by atoms with Crippen LogP contribution in [0.2, 0.25) is 0 Å². The molecule has 70 valence electrons. The van der Waals surface area contributed by atoms with E-state index in [9.17, 15) is 0 Å². The predicted octanol–water partition coefficient (Wildman–Crippen LogP) is 2.55. The van der Waals surface area contributed by atoms with Crippen molar-refractivity contribution in [3.63, 3.8) is 0 Å². The molecule has 2 saturated carbocycles. The molecular formula is C11H21N. The van der Waals surface area contributed by atoms with Crippen molar-refractivity contribution in [2.45, 2.75) is 51.5 Å². The fraction of sp³-hybridized carbons (Fsp3) is 1.00. The highest BCUT2D eigenvalue weighted by atomic mass is 14.7. The molecule has 0 radical (unpaired) electrons. The third-order valence-electron chi connectivity index (χ3n) is 4.09. The highest BCUT2D eigenvalue weighted by Gasteiger charge is 2.37. The minimum atomic E-state index is 0.557. The summed E-state index contributed by atoms with van der Waals surface area (Å²) in [4.78, 5) is 0. The molecule has 2 atom stereocenters. The van der Waals surface area contributed by atoms with E-state index in [4.69, 9.17) is 5.73 Å². The molecular weight excluding hydrogens is 146 g/mol. The van der Waals surface area contributed by atoms with Gasteiger partial charge in [-0.15, -0.1) is 0 Å². The Bertz CT molecular complexity index is 141. The molecule has 1 heteroatoms. The first-order valence-electron chi connectivity index (χ1n) is 5.56. The van der Waals surface area contributed by atoms with Crippen molar-refractivity contribution in [3.8, 4) is 0 Å². The predicted molar refractivity (Wildman–Crippen MR) is 51.8 cm³/mol. The monoisotopic (exact) mass is 167 g/mol. The van der Waals surface area contributed by atoms with Crippen LogP contribution < -0.4 is 5.73 Å². The van der Waals surface area contributed by atoms with Crippen LogP contribution in [-0.4, -0.2) is 6.04 Å². The summed E-state index contributed by atoms with van der Waals surface area (Å²) >= 11 is 0. The van der Waals surface area contributed by atoms with Crippen LogP contribution in [0.15, 0.2) is 0 Å². The molecule has 2 rings (SSSR count). The fourth-order valence-electron chi connectivity index (χ4n) is 3.25. The van der Waals surface area contributed by atoms with E-state index in [-0.39, 0.29) is 0 Å². The summed E-state index contributed by atoms with van der Waals surface area (Å²) in [5, 5.41) is 0. The van der Waals surface area contributed by atoms with Crippen LogP contribution in [0.3, 0.4) is 0 Å². The highest BCUT2D eigenvalue weighted by molar-refractivity contribution is 4.91. The lowest BCUT2D eigenvalue weighted by molar-refractivity contribution is 0.105. The first-order valence-corrected chi connectivity index (χ1v) is 5.56. The normalized spacial score (nSPS) is 47.5. The van der Waals surface area contributed by atoms with Gasteiger partial charge >= 0.3 is 0 Å². The topological polar surface area (TPSA) is 26.0 Å². The standard InChI is InChI=1S/C11H21N/c1-2-8-6-9-4-3-5-10(7-8)11(9)12/h8-11H,2-7,12H2,1H3. The lowest BCUT2D eigenvalue weighted by Gasteiger charge is -2.44. The Balaban J connectivity index is 2.02. The maximum atomic E-state index is 6.20. The van der Waals surface area contributed by atoms with Gasteiger partial charge in [-0.25, -0.2) is 0 Å². The van der Waals surface area contributed by atoms with Gasteiger partial charge < -0.3 is 5.73 Å². The van der Waals surface area contributed by atoms with Gasteiger partial charge in [0.05, 0.1) is 0 Å². The van der Waals surface area contributed by atoms with E-state index in [1.54, 1.807) is 0 Å². The molecule has 2 unspecified atom stereocenters. The molecule has 2 N–H and O–H groups in total. The Labute approximate surface area is 75.7 Å². The Morgan fingerprint density at radius 3 is 2.25 bits per heavy atom. The summed E-state index contributed by atoms with van der Waals surface area (Å²) in [6.07, 6.45) is 8.49. The average Bonchev–Trinajstić information content (AvgIpc) is 2.04. The molecule has 0 spiro atoms. The van der Waals surface area contributed by atoms with Crippen molar-refractivity contribution >= 4 is 0 Å². The molecule has 1 nitrogen and oxygen atoms in total. The molecule has 2 bridgehead atoms. The number of hydrogen-bond donors (Lipinski definition) is 1. The second-order valence-electron chi connectivity index (χ2n) is 4.77. The smallest absolute Gasteiger partial charge is 0.00958 e. The summed E-state index contributed by atoms with van der Waals surface area (Å²) in [6.45, 7) is 2.33. The van der Waals surface area contributed by atoms with Gasteiger partial charge in [-0.05, 0) is 43.4 Å². The number of hydrogen-bond acceptors (Lipinski definition) is 1. The number of rotatable bonds is 1. The minimum Gasteiger partial charge on any atom is -0.327 e. The minimum absolute atomic E-state index is 0.557. The molecule has 2 aliphatic rings. The quantitative estimate of drug-likeness (QED) is 0.638. The zero-order valence-corrected chi connectivity index (χ0v) is 8.13. The second-order valence-corrected chi connectivity index (χ2v) is 4.77. The summed E-state index contributed by atoms with van der Waals surface area (Å²) in [7, 11) is 0. The molecule has 0 amide bonds. The third-order valence-corrected chi connectivity index (χ3v) is 4.09. The SMILES string of the molecule is CCC1CC2CCCC(C1)C2N. The number of fused-ring (bicyclic) bond motifs is 2. The van der Waals surface area contributed by atoms with Crippen LogP contribution in [-0.2, 0) is 0 Å². The maximum Gasteiger partial charge on any atom is 0.00958 e. The average molecular weight is 167 g/mol. The van der Waals surface area contributed by atoms with E-state index in [0.717, 1.165) is 17.8 Å². The van der Waals surface area contributed by atoms with Crippen molar-refractivity contribution in [2.75, 3.05) is 0 Å². The van der Waals surface area contributed by atoms with Crippen LogP contribution in [0.25, 0.3) is 0 Å². The van der Waals surface area contributed by atoms with Crippen LogP contribution in [0.4, 0.5) is 0 Å². The Kier molecular flexibility index (Phi) is 2.40. The van der Waals surface area contributed by atoms with E-state index < -0.39 is 0 Å². The van der Waals surface area contributed by atoms with Crippen molar-refractivity contribution < 1.29 is 0 Å². The van der Waals surface area contributed by atoms with Crippen LogP contribution >= 0.6 is 0 Å². The molecule has 0 aliphatic heterocycles. The molecule has 0 heterocycles. The van der Waals surface area contributed by atoms with Crippen molar-refractivity contribution in [3.05, 3.63) is 0 Å². The Morgan fingerprint density at radius 2 is 1.75 bits per heavy atom. The van der Waals surface area contributed by atoms with Gasteiger partial charge in [0.25, 0.3) is 0 Å². The van der Waals surface area contributed by atoms with Gasteiger partial charge in [0, 0.05) is 6.04 Å². The van der Waals surface area contributed by atoms with E-state index in [1.165, 1.54) is 38.5 Å².